The number of sulfonamides is 1. The molecule has 20 heavy (non-hydrogen) atoms. The molecule has 0 amide bonds. The van der Waals surface area contributed by atoms with Crippen LogP contribution in [0.3, 0.4) is 0 Å². The molecule has 0 aromatic heterocycles. The molecule has 4 nitrogen and oxygen atoms in total. The first-order chi connectivity index (χ1) is 9.54. The Morgan fingerprint density at radius 3 is 2.30 bits per heavy atom. The second kappa shape index (κ2) is 6.17. The number of hydrogen-bond donors (Lipinski definition) is 1. The summed E-state index contributed by atoms with van der Waals surface area (Å²) in [6.45, 7) is 0.137. The first kappa shape index (κ1) is 14.7. The van der Waals surface area contributed by atoms with Crippen LogP contribution in [0.25, 0.3) is 0 Å². The van der Waals surface area contributed by atoms with Crippen LogP contribution in [0.2, 0.25) is 0 Å². The third-order valence-electron chi connectivity index (χ3n) is 3.04. The van der Waals surface area contributed by atoms with Gasteiger partial charge in [-0.25, -0.2) is 8.42 Å². The van der Waals surface area contributed by atoms with E-state index >= 15 is 0 Å². The van der Waals surface area contributed by atoms with Crippen molar-refractivity contribution < 1.29 is 13.5 Å². The molecular formula is C15H17NO3S. The van der Waals surface area contributed by atoms with E-state index in [4.69, 9.17) is 5.11 Å². The van der Waals surface area contributed by atoms with Crippen molar-refractivity contribution in [2.45, 2.75) is 18.0 Å². The van der Waals surface area contributed by atoms with Gasteiger partial charge in [0.2, 0.25) is 10.0 Å². The number of benzene rings is 2. The van der Waals surface area contributed by atoms with E-state index in [2.05, 4.69) is 0 Å². The fourth-order valence-corrected chi connectivity index (χ4v) is 3.14. The molecule has 5 heteroatoms. The van der Waals surface area contributed by atoms with Crippen molar-refractivity contribution in [2.75, 3.05) is 7.05 Å². The van der Waals surface area contributed by atoms with E-state index in [0.29, 0.717) is 12.1 Å². The lowest BCUT2D eigenvalue weighted by molar-refractivity contribution is 0.281. The van der Waals surface area contributed by atoms with Crippen LogP contribution >= 0.6 is 0 Å². The monoisotopic (exact) mass is 291 g/mol. The molecule has 0 unspecified atom stereocenters. The van der Waals surface area contributed by atoms with Gasteiger partial charge in [0.25, 0.3) is 0 Å². The zero-order valence-electron chi connectivity index (χ0n) is 11.2. The van der Waals surface area contributed by atoms with Crippen LogP contribution in [0.5, 0.6) is 0 Å². The number of aliphatic hydroxyl groups excluding tert-OH is 1. The van der Waals surface area contributed by atoms with E-state index in [9.17, 15) is 8.42 Å². The molecule has 1 N–H and O–H groups in total. The van der Waals surface area contributed by atoms with Gasteiger partial charge in [0.15, 0.2) is 0 Å². The molecule has 0 spiro atoms. The Kier molecular flexibility index (Phi) is 4.54. The Hall–Kier alpha value is -1.69. The predicted molar refractivity (Wildman–Crippen MR) is 77.5 cm³/mol. The highest BCUT2D eigenvalue weighted by molar-refractivity contribution is 7.89. The van der Waals surface area contributed by atoms with Gasteiger partial charge in [-0.1, -0.05) is 42.5 Å². The number of hydrogen-bond acceptors (Lipinski definition) is 3. The van der Waals surface area contributed by atoms with E-state index in [-0.39, 0.29) is 11.5 Å². The van der Waals surface area contributed by atoms with E-state index in [1.165, 1.54) is 16.4 Å². The number of nitrogens with zero attached hydrogens (tertiary/aromatic N) is 1. The van der Waals surface area contributed by atoms with Crippen molar-refractivity contribution >= 4 is 10.0 Å². The average Bonchev–Trinajstić information content (AvgIpc) is 2.48. The fraction of sp³-hybridized carbons (Fsp3) is 0.200. The molecule has 0 saturated heterocycles. The Labute approximate surface area is 119 Å². The second-order valence-electron chi connectivity index (χ2n) is 4.55. The van der Waals surface area contributed by atoms with E-state index in [1.807, 2.05) is 30.3 Å². The van der Waals surface area contributed by atoms with Gasteiger partial charge < -0.3 is 5.11 Å². The Morgan fingerprint density at radius 1 is 1.00 bits per heavy atom. The van der Waals surface area contributed by atoms with Crippen molar-refractivity contribution in [3.8, 4) is 0 Å². The van der Waals surface area contributed by atoms with Gasteiger partial charge in [0.1, 0.15) is 0 Å². The third kappa shape index (κ3) is 3.25. The third-order valence-corrected chi connectivity index (χ3v) is 4.84. The molecule has 0 radical (unpaired) electrons. The van der Waals surface area contributed by atoms with Gasteiger partial charge in [-0.3, -0.25) is 0 Å². The Morgan fingerprint density at radius 2 is 1.65 bits per heavy atom. The van der Waals surface area contributed by atoms with Crippen molar-refractivity contribution in [3.05, 3.63) is 65.7 Å². The van der Waals surface area contributed by atoms with Gasteiger partial charge in [-0.15, -0.1) is 0 Å². The van der Waals surface area contributed by atoms with Gasteiger partial charge in [0.05, 0.1) is 11.5 Å². The molecule has 0 saturated carbocycles. The first-order valence-corrected chi connectivity index (χ1v) is 7.68. The summed E-state index contributed by atoms with van der Waals surface area (Å²) in [6.07, 6.45) is 0. The van der Waals surface area contributed by atoms with Crippen molar-refractivity contribution in [1.29, 1.82) is 0 Å². The highest BCUT2D eigenvalue weighted by Crippen LogP contribution is 2.18. The van der Waals surface area contributed by atoms with Crippen LogP contribution in [-0.4, -0.2) is 24.9 Å². The summed E-state index contributed by atoms with van der Waals surface area (Å²) in [5.74, 6) is 0. The summed E-state index contributed by atoms with van der Waals surface area (Å²) in [5, 5.41) is 9.09. The highest BCUT2D eigenvalue weighted by atomic mass is 32.2. The maximum absolute atomic E-state index is 12.4. The minimum Gasteiger partial charge on any atom is -0.392 e. The predicted octanol–water partition coefficient (Wildman–Crippen LogP) is 2.00. The zero-order chi connectivity index (χ0) is 14.6. The van der Waals surface area contributed by atoms with Crippen LogP contribution < -0.4 is 0 Å². The molecule has 2 rings (SSSR count). The maximum Gasteiger partial charge on any atom is 0.243 e. The lowest BCUT2D eigenvalue weighted by Crippen LogP contribution is -2.26. The summed E-state index contributed by atoms with van der Waals surface area (Å²) < 4.78 is 26.2. The van der Waals surface area contributed by atoms with Gasteiger partial charge in [0, 0.05) is 13.6 Å². The Balaban J connectivity index is 2.25. The van der Waals surface area contributed by atoms with Gasteiger partial charge >= 0.3 is 0 Å². The second-order valence-corrected chi connectivity index (χ2v) is 6.60. The van der Waals surface area contributed by atoms with Crippen LogP contribution in [0.4, 0.5) is 0 Å². The summed E-state index contributed by atoms with van der Waals surface area (Å²) in [6, 6.07) is 15.8. The summed E-state index contributed by atoms with van der Waals surface area (Å²) in [7, 11) is -2.00. The lowest BCUT2D eigenvalue weighted by Gasteiger charge is -2.17. The molecule has 0 fully saturated rings. The molecule has 0 atom stereocenters. The first-order valence-electron chi connectivity index (χ1n) is 6.24. The SMILES string of the molecule is CN(Cc1ccccc1)S(=O)(=O)c1cccc(CO)c1. The fourth-order valence-electron chi connectivity index (χ4n) is 1.91. The van der Waals surface area contributed by atoms with Gasteiger partial charge in [-0.2, -0.15) is 4.31 Å². The normalized spacial score (nSPS) is 11.8. The molecule has 2 aromatic carbocycles. The minimum absolute atomic E-state index is 0.175. The largest absolute Gasteiger partial charge is 0.392 e. The van der Waals surface area contributed by atoms with E-state index in [1.54, 1.807) is 19.2 Å². The van der Waals surface area contributed by atoms with Crippen molar-refractivity contribution in [2.24, 2.45) is 0 Å². The van der Waals surface area contributed by atoms with Crippen molar-refractivity contribution in [3.63, 3.8) is 0 Å². The van der Waals surface area contributed by atoms with Crippen LogP contribution in [0.15, 0.2) is 59.5 Å². The summed E-state index contributed by atoms with van der Waals surface area (Å²) in [5.41, 5.74) is 1.51. The quantitative estimate of drug-likeness (QED) is 0.916. The average molecular weight is 291 g/mol. The molecular weight excluding hydrogens is 274 g/mol. The lowest BCUT2D eigenvalue weighted by atomic mass is 10.2. The smallest absolute Gasteiger partial charge is 0.243 e. The molecule has 106 valence electrons. The standard InChI is InChI=1S/C15H17NO3S/c1-16(11-13-6-3-2-4-7-13)20(18,19)15-9-5-8-14(10-15)12-17/h2-10,17H,11-12H2,1H3. The molecule has 2 aromatic rings. The number of rotatable bonds is 5. The van der Waals surface area contributed by atoms with E-state index < -0.39 is 10.0 Å². The molecule has 0 bridgehead atoms. The van der Waals surface area contributed by atoms with Crippen LogP contribution in [-0.2, 0) is 23.2 Å². The minimum atomic E-state index is -3.55. The maximum atomic E-state index is 12.4. The summed E-state index contributed by atoms with van der Waals surface area (Å²) >= 11 is 0. The van der Waals surface area contributed by atoms with Gasteiger partial charge in [-0.05, 0) is 23.3 Å². The molecule has 0 aliphatic carbocycles. The Bertz CT molecular complexity index is 669. The number of aliphatic hydroxyl groups is 1. The topological polar surface area (TPSA) is 57.6 Å². The van der Waals surface area contributed by atoms with Crippen LogP contribution in [0.1, 0.15) is 11.1 Å². The van der Waals surface area contributed by atoms with Crippen LogP contribution in [0, 0.1) is 0 Å². The van der Waals surface area contributed by atoms with Crippen molar-refractivity contribution in [1.82, 2.24) is 4.31 Å². The highest BCUT2D eigenvalue weighted by Gasteiger charge is 2.20. The molecule has 0 heterocycles. The molecule has 0 aliphatic rings. The zero-order valence-corrected chi connectivity index (χ0v) is 12.0. The van der Waals surface area contributed by atoms with E-state index in [0.717, 1.165) is 5.56 Å². The molecule has 0 aliphatic heterocycles. The summed E-state index contributed by atoms with van der Waals surface area (Å²) in [4.78, 5) is 0.197.